The number of hydrogen-bond acceptors (Lipinski definition) is 5. The van der Waals surface area contributed by atoms with Crippen LogP contribution in [0.3, 0.4) is 0 Å². The maximum atomic E-state index is 13.2. The summed E-state index contributed by atoms with van der Waals surface area (Å²) in [7, 11) is 1.57. The molecule has 29 heavy (non-hydrogen) atoms. The number of hydrogen-bond donors (Lipinski definition) is 1. The summed E-state index contributed by atoms with van der Waals surface area (Å²) in [5.41, 5.74) is 1.12. The van der Waals surface area contributed by atoms with Crippen molar-refractivity contribution in [2.75, 3.05) is 17.3 Å². The lowest BCUT2D eigenvalue weighted by Gasteiger charge is -2.42. The minimum Gasteiger partial charge on any atom is -0.449 e. The Bertz CT molecular complexity index is 954. The monoisotopic (exact) mass is 396 g/mol. The first-order valence-corrected chi connectivity index (χ1v) is 9.29. The fraction of sp³-hybridized carbons (Fsp3) is 0.318. The van der Waals surface area contributed by atoms with Gasteiger partial charge in [0.25, 0.3) is 5.91 Å². The number of rotatable bonds is 5. The molecule has 1 atom stereocenters. The quantitative estimate of drug-likeness (QED) is 0.785. The predicted octanol–water partition coefficient (Wildman–Crippen LogP) is 3.14. The van der Waals surface area contributed by atoms with Crippen LogP contribution in [0.5, 0.6) is 0 Å². The molecule has 0 bridgehead atoms. The number of anilines is 2. The van der Waals surface area contributed by atoms with Gasteiger partial charge in [0.05, 0.1) is 23.5 Å². The number of methoxy groups -OCH3 is 1. The molecule has 0 fully saturated rings. The molecule has 0 saturated carbocycles. The highest BCUT2D eigenvalue weighted by molar-refractivity contribution is 6.15. The Kier molecular flexibility index (Phi) is 5.70. The van der Waals surface area contributed by atoms with Crippen LogP contribution in [0.25, 0.3) is 0 Å². The molecule has 1 heterocycles. The average Bonchev–Trinajstić information content (AvgIpc) is 2.69. The Hall–Kier alpha value is -3.19. The minimum absolute atomic E-state index is 0.310. The number of nitrogens with one attached hydrogen (secondary N) is 1. The summed E-state index contributed by atoms with van der Waals surface area (Å²) in [6.07, 6.45) is -1.08. The highest BCUT2D eigenvalue weighted by atomic mass is 16.5. The molecule has 7 heteroatoms. The average molecular weight is 396 g/mol. The van der Waals surface area contributed by atoms with Crippen LogP contribution >= 0.6 is 0 Å². The highest BCUT2D eigenvalue weighted by Gasteiger charge is 2.45. The van der Waals surface area contributed by atoms with Crippen molar-refractivity contribution in [3.63, 3.8) is 0 Å². The Morgan fingerprint density at radius 2 is 1.86 bits per heavy atom. The normalized spacial score (nSPS) is 15.9. The van der Waals surface area contributed by atoms with Crippen molar-refractivity contribution in [1.29, 1.82) is 0 Å². The molecule has 0 aliphatic carbocycles. The van der Waals surface area contributed by atoms with Crippen molar-refractivity contribution in [3.05, 3.63) is 59.7 Å². The highest BCUT2D eigenvalue weighted by Crippen LogP contribution is 2.37. The lowest BCUT2D eigenvalue weighted by atomic mass is 9.95. The topological polar surface area (TPSA) is 84.9 Å². The molecular weight excluding hydrogens is 372 g/mol. The van der Waals surface area contributed by atoms with Crippen LogP contribution in [0, 0.1) is 0 Å². The second-order valence-electron chi connectivity index (χ2n) is 7.38. The third-order valence-corrected chi connectivity index (χ3v) is 4.83. The van der Waals surface area contributed by atoms with Crippen molar-refractivity contribution in [3.8, 4) is 0 Å². The SMILES string of the molecule is COCc1cccc(C(=O)O[C@@H](C)C(=O)N2c3ccccc3NC(=O)C2(C)C)c1. The molecule has 0 saturated heterocycles. The van der Waals surface area contributed by atoms with E-state index in [1.165, 1.54) is 11.8 Å². The van der Waals surface area contributed by atoms with Crippen molar-refractivity contribution in [2.45, 2.75) is 39.0 Å². The van der Waals surface area contributed by atoms with Crippen molar-refractivity contribution in [2.24, 2.45) is 0 Å². The van der Waals surface area contributed by atoms with Gasteiger partial charge in [-0.2, -0.15) is 0 Å². The first-order chi connectivity index (χ1) is 13.8. The van der Waals surface area contributed by atoms with Gasteiger partial charge in [0, 0.05) is 7.11 Å². The largest absolute Gasteiger partial charge is 0.449 e. The summed E-state index contributed by atoms with van der Waals surface area (Å²) >= 11 is 0. The molecule has 2 aromatic carbocycles. The maximum Gasteiger partial charge on any atom is 0.338 e. The zero-order valence-corrected chi connectivity index (χ0v) is 16.9. The van der Waals surface area contributed by atoms with Gasteiger partial charge in [-0.15, -0.1) is 0 Å². The van der Waals surface area contributed by atoms with Gasteiger partial charge in [-0.25, -0.2) is 4.79 Å². The van der Waals surface area contributed by atoms with Gasteiger partial charge < -0.3 is 14.8 Å². The van der Waals surface area contributed by atoms with Crippen LogP contribution < -0.4 is 10.2 Å². The van der Waals surface area contributed by atoms with Gasteiger partial charge in [-0.05, 0) is 50.6 Å². The molecule has 0 aromatic heterocycles. The molecular formula is C22H24N2O5. The van der Waals surface area contributed by atoms with Crippen LogP contribution in [-0.4, -0.2) is 36.5 Å². The fourth-order valence-electron chi connectivity index (χ4n) is 3.26. The number of nitrogens with zero attached hydrogens (tertiary/aromatic N) is 1. The molecule has 1 aliphatic rings. The van der Waals surface area contributed by atoms with Gasteiger partial charge in [0.15, 0.2) is 6.10 Å². The zero-order valence-electron chi connectivity index (χ0n) is 16.9. The van der Waals surface area contributed by atoms with E-state index in [-0.39, 0.29) is 5.91 Å². The van der Waals surface area contributed by atoms with Crippen LogP contribution in [0.1, 0.15) is 36.7 Å². The smallest absolute Gasteiger partial charge is 0.338 e. The Balaban J connectivity index is 1.83. The number of para-hydroxylation sites is 2. The van der Waals surface area contributed by atoms with E-state index in [2.05, 4.69) is 5.32 Å². The van der Waals surface area contributed by atoms with Gasteiger partial charge in [0.1, 0.15) is 5.54 Å². The molecule has 3 rings (SSSR count). The first-order valence-electron chi connectivity index (χ1n) is 9.29. The lowest BCUT2D eigenvalue weighted by Crippen LogP contribution is -2.60. The Labute approximate surface area is 169 Å². The number of carbonyl (C=O) groups excluding carboxylic acids is 3. The summed E-state index contributed by atoms with van der Waals surface area (Å²) < 4.78 is 10.5. The third-order valence-electron chi connectivity index (χ3n) is 4.83. The molecule has 2 amide bonds. The van der Waals surface area contributed by atoms with E-state index >= 15 is 0 Å². The van der Waals surface area contributed by atoms with E-state index in [9.17, 15) is 14.4 Å². The molecule has 2 aromatic rings. The van der Waals surface area contributed by atoms with Gasteiger partial charge in [-0.3, -0.25) is 14.5 Å². The number of carbonyl (C=O) groups is 3. The fourth-order valence-corrected chi connectivity index (χ4v) is 3.26. The second-order valence-corrected chi connectivity index (χ2v) is 7.38. The molecule has 0 radical (unpaired) electrons. The van der Waals surface area contributed by atoms with Crippen LogP contribution in [0.4, 0.5) is 11.4 Å². The van der Waals surface area contributed by atoms with E-state index in [1.54, 1.807) is 63.4 Å². The van der Waals surface area contributed by atoms with Gasteiger partial charge in [0.2, 0.25) is 5.91 Å². The maximum absolute atomic E-state index is 13.2. The number of fused-ring (bicyclic) bond motifs is 1. The first kappa shape index (κ1) is 20.5. The summed E-state index contributed by atoms with van der Waals surface area (Å²) in [5, 5.41) is 2.81. The second kappa shape index (κ2) is 8.05. The number of esters is 1. The van der Waals surface area contributed by atoms with Crippen molar-refractivity contribution in [1.82, 2.24) is 0 Å². The van der Waals surface area contributed by atoms with Crippen molar-refractivity contribution >= 4 is 29.2 Å². The summed E-state index contributed by atoms with van der Waals surface area (Å²) in [5.74, 6) is -1.40. The standard InChI is InChI=1S/C22H24N2O5/c1-14(29-20(26)16-9-7-8-15(12-16)13-28-4)19(25)24-18-11-6-5-10-17(18)23-21(27)22(24,2)3/h5-12,14H,13H2,1-4H3,(H,23,27)/t14-/m0/s1. The summed E-state index contributed by atoms with van der Waals surface area (Å²) in [4.78, 5) is 39.7. The molecule has 152 valence electrons. The lowest BCUT2D eigenvalue weighted by molar-refractivity contribution is -0.131. The van der Waals surface area contributed by atoms with E-state index in [1.807, 2.05) is 6.07 Å². The number of ether oxygens (including phenoxy) is 2. The van der Waals surface area contributed by atoms with Crippen LogP contribution in [-0.2, 0) is 25.7 Å². The predicted molar refractivity (Wildman–Crippen MR) is 109 cm³/mol. The van der Waals surface area contributed by atoms with E-state index in [4.69, 9.17) is 9.47 Å². The van der Waals surface area contributed by atoms with Crippen molar-refractivity contribution < 1.29 is 23.9 Å². The molecule has 7 nitrogen and oxygen atoms in total. The third kappa shape index (κ3) is 4.00. The van der Waals surface area contributed by atoms with Crippen LogP contribution in [0.15, 0.2) is 48.5 Å². The Morgan fingerprint density at radius 3 is 2.59 bits per heavy atom. The van der Waals surface area contributed by atoms with Gasteiger partial charge >= 0.3 is 5.97 Å². The minimum atomic E-state index is -1.13. The molecule has 1 N–H and O–H groups in total. The van der Waals surface area contributed by atoms with E-state index in [0.29, 0.717) is 23.5 Å². The molecule has 0 spiro atoms. The summed E-state index contributed by atoms with van der Waals surface area (Å²) in [6, 6.07) is 13.9. The van der Waals surface area contributed by atoms with Crippen LogP contribution in [0.2, 0.25) is 0 Å². The summed E-state index contributed by atoms with van der Waals surface area (Å²) in [6.45, 7) is 5.17. The van der Waals surface area contributed by atoms with E-state index < -0.39 is 23.5 Å². The Morgan fingerprint density at radius 1 is 1.14 bits per heavy atom. The number of amides is 2. The number of benzene rings is 2. The van der Waals surface area contributed by atoms with E-state index in [0.717, 1.165) is 5.56 Å². The van der Waals surface area contributed by atoms with Gasteiger partial charge in [-0.1, -0.05) is 24.3 Å². The molecule has 0 unspecified atom stereocenters. The molecule has 1 aliphatic heterocycles. The zero-order chi connectivity index (χ0) is 21.2.